The number of ether oxygens (including phenoxy) is 1. The first kappa shape index (κ1) is 21.7. The highest BCUT2D eigenvalue weighted by molar-refractivity contribution is 7.98. The Kier molecular flexibility index (Phi) is 6.15. The van der Waals surface area contributed by atoms with Crippen LogP contribution in [-0.4, -0.2) is 21.1 Å². The van der Waals surface area contributed by atoms with E-state index in [-0.39, 0.29) is 5.56 Å². The van der Waals surface area contributed by atoms with Crippen molar-refractivity contribution < 1.29 is 4.74 Å². The van der Waals surface area contributed by atoms with Crippen molar-refractivity contribution in [2.45, 2.75) is 31.3 Å². The lowest BCUT2D eigenvalue weighted by Gasteiger charge is -2.15. The molecule has 5 rings (SSSR count). The first-order valence-corrected chi connectivity index (χ1v) is 12.6. The fourth-order valence-corrected chi connectivity index (χ4v) is 5.70. The van der Waals surface area contributed by atoms with Crippen LogP contribution in [0.1, 0.15) is 23.6 Å². The predicted molar refractivity (Wildman–Crippen MR) is 137 cm³/mol. The van der Waals surface area contributed by atoms with Gasteiger partial charge in [-0.25, -0.2) is 9.97 Å². The number of benzene rings is 2. The zero-order valence-electron chi connectivity index (χ0n) is 18.4. The molecule has 0 spiro atoms. The first-order chi connectivity index (χ1) is 16.1. The smallest absolute Gasteiger partial charge is 0.272 e. The SMILES string of the molecule is CCOc1ccccc1Cn1c(SCc2ccc(C)cc2)nc2c(sc3ncccc32)c1=O. The van der Waals surface area contributed by atoms with E-state index in [4.69, 9.17) is 9.72 Å². The van der Waals surface area contributed by atoms with E-state index in [1.165, 1.54) is 22.5 Å². The Morgan fingerprint density at radius 3 is 2.70 bits per heavy atom. The van der Waals surface area contributed by atoms with Gasteiger partial charge in [-0.3, -0.25) is 9.36 Å². The minimum atomic E-state index is -0.0410. The Hall–Kier alpha value is -3.16. The van der Waals surface area contributed by atoms with Crippen LogP contribution in [0.3, 0.4) is 0 Å². The summed E-state index contributed by atoms with van der Waals surface area (Å²) in [6.07, 6.45) is 1.75. The number of thiophene rings is 1. The molecule has 3 aromatic heterocycles. The van der Waals surface area contributed by atoms with Gasteiger partial charge in [0.2, 0.25) is 0 Å². The summed E-state index contributed by atoms with van der Waals surface area (Å²) >= 11 is 2.99. The number of rotatable bonds is 7. The number of hydrogen-bond donors (Lipinski definition) is 0. The van der Waals surface area contributed by atoms with Gasteiger partial charge >= 0.3 is 0 Å². The zero-order chi connectivity index (χ0) is 22.8. The van der Waals surface area contributed by atoms with E-state index >= 15 is 0 Å². The molecule has 0 fully saturated rings. The molecule has 5 aromatic rings. The maximum absolute atomic E-state index is 13.7. The number of para-hydroxylation sites is 1. The number of pyridine rings is 1. The van der Waals surface area contributed by atoms with Gasteiger partial charge in [-0.2, -0.15) is 0 Å². The molecule has 0 aliphatic heterocycles. The highest BCUT2D eigenvalue weighted by Gasteiger charge is 2.18. The van der Waals surface area contributed by atoms with Crippen LogP contribution in [0.25, 0.3) is 20.4 Å². The van der Waals surface area contributed by atoms with E-state index in [0.717, 1.165) is 32.8 Å². The molecule has 0 atom stereocenters. The Morgan fingerprint density at radius 2 is 1.88 bits per heavy atom. The maximum atomic E-state index is 13.7. The molecule has 0 saturated carbocycles. The third-order valence-corrected chi connectivity index (χ3v) is 7.55. The van der Waals surface area contributed by atoms with Crippen LogP contribution >= 0.6 is 23.1 Å². The van der Waals surface area contributed by atoms with Crippen LogP contribution in [0.2, 0.25) is 0 Å². The van der Waals surface area contributed by atoms with E-state index in [0.29, 0.717) is 23.0 Å². The minimum absolute atomic E-state index is 0.0410. The van der Waals surface area contributed by atoms with Crippen molar-refractivity contribution in [3.8, 4) is 5.75 Å². The fraction of sp³-hybridized carbons (Fsp3) is 0.192. The van der Waals surface area contributed by atoms with Gasteiger partial charge in [0.25, 0.3) is 5.56 Å². The van der Waals surface area contributed by atoms with Gasteiger partial charge < -0.3 is 4.74 Å². The lowest BCUT2D eigenvalue weighted by atomic mass is 10.2. The summed E-state index contributed by atoms with van der Waals surface area (Å²) < 4.78 is 8.22. The Balaban J connectivity index is 1.62. The van der Waals surface area contributed by atoms with E-state index in [9.17, 15) is 4.79 Å². The molecule has 0 saturated heterocycles. The summed E-state index contributed by atoms with van der Waals surface area (Å²) in [4.78, 5) is 24.0. The third-order valence-electron chi connectivity index (χ3n) is 5.41. The van der Waals surface area contributed by atoms with Crippen molar-refractivity contribution in [2.75, 3.05) is 6.61 Å². The topological polar surface area (TPSA) is 57.0 Å². The van der Waals surface area contributed by atoms with Crippen LogP contribution in [-0.2, 0) is 12.3 Å². The van der Waals surface area contributed by atoms with Crippen molar-refractivity contribution in [3.05, 3.63) is 93.9 Å². The number of fused-ring (bicyclic) bond motifs is 3. The van der Waals surface area contributed by atoms with Gasteiger partial charge in [-0.1, -0.05) is 59.8 Å². The molecule has 2 aromatic carbocycles. The second-order valence-corrected chi connectivity index (χ2v) is 9.68. The largest absolute Gasteiger partial charge is 0.494 e. The first-order valence-electron chi connectivity index (χ1n) is 10.8. The van der Waals surface area contributed by atoms with Crippen molar-refractivity contribution >= 4 is 43.5 Å². The van der Waals surface area contributed by atoms with Crippen molar-refractivity contribution in [3.63, 3.8) is 0 Å². The van der Waals surface area contributed by atoms with Gasteiger partial charge in [0.05, 0.1) is 18.7 Å². The summed E-state index contributed by atoms with van der Waals surface area (Å²) in [5.74, 6) is 1.52. The Labute approximate surface area is 200 Å². The van der Waals surface area contributed by atoms with E-state index < -0.39 is 0 Å². The quantitative estimate of drug-likeness (QED) is 0.213. The van der Waals surface area contributed by atoms with Crippen LogP contribution in [0, 0.1) is 6.92 Å². The second kappa shape index (κ2) is 9.37. The minimum Gasteiger partial charge on any atom is -0.494 e. The highest BCUT2D eigenvalue weighted by atomic mass is 32.2. The molecule has 7 heteroatoms. The van der Waals surface area contributed by atoms with E-state index in [1.807, 2.05) is 43.3 Å². The molecule has 0 amide bonds. The van der Waals surface area contributed by atoms with Crippen LogP contribution < -0.4 is 10.3 Å². The molecule has 33 heavy (non-hydrogen) atoms. The van der Waals surface area contributed by atoms with Crippen LogP contribution in [0.4, 0.5) is 0 Å². The number of thioether (sulfide) groups is 1. The fourth-order valence-electron chi connectivity index (χ4n) is 3.72. The standard InChI is InChI=1S/C26H23N3O2S2/c1-3-31-21-9-5-4-7-19(21)15-29-25(30)23-22(20-8-6-14-27-24(20)33-23)28-26(29)32-16-18-12-10-17(2)11-13-18/h4-14H,3,15-16H2,1-2H3. The molecule has 0 N–H and O–H groups in total. The number of aryl methyl sites for hydroxylation is 1. The summed E-state index contributed by atoms with van der Waals surface area (Å²) in [7, 11) is 0. The van der Waals surface area contributed by atoms with Crippen molar-refractivity contribution in [1.82, 2.24) is 14.5 Å². The molecule has 0 aliphatic rings. The number of nitrogens with zero attached hydrogens (tertiary/aromatic N) is 3. The van der Waals surface area contributed by atoms with Gasteiger partial charge in [-0.05, 0) is 37.6 Å². The lowest BCUT2D eigenvalue weighted by molar-refractivity contribution is 0.335. The van der Waals surface area contributed by atoms with Crippen molar-refractivity contribution in [1.29, 1.82) is 0 Å². The van der Waals surface area contributed by atoms with Gasteiger partial charge in [-0.15, -0.1) is 11.3 Å². The number of hydrogen-bond acceptors (Lipinski definition) is 6. The maximum Gasteiger partial charge on any atom is 0.272 e. The van der Waals surface area contributed by atoms with Crippen molar-refractivity contribution in [2.24, 2.45) is 0 Å². The molecule has 166 valence electrons. The summed E-state index contributed by atoms with van der Waals surface area (Å²) in [5.41, 5.74) is 4.07. The molecule has 0 unspecified atom stereocenters. The molecule has 0 bridgehead atoms. The predicted octanol–water partition coefficient (Wildman–Crippen LogP) is 6.05. The normalized spacial score (nSPS) is 11.3. The van der Waals surface area contributed by atoms with Crippen LogP contribution in [0.15, 0.2) is 76.8 Å². The zero-order valence-corrected chi connectivity index (χ0v) is 20.1. The number of aromatic nitrogens is 3. The molecular formula is C26H23N3O2S2. The van der Waals surface area contributed by atoms with Crippen LogP contribution in [0.5, 0.6) is 5.75 Å². The second-order valence-electron chi connectivity index (χ2n) is 7.74. The lowest BCUT2D eigenvalue weighted by Crippen LogP contribution is -2.23. The summed E-state index contributed by atoms with van der Waals surface area (Å²) in [5, 5.41) is 1.62. The average Bonchev–Trinajstić information content (AvgIpc) is 3.21. The third kappa shape index (κ3) is 4.38. The molecule has 3 heterocycles. The highest BCUT2D eigenvalue weighted by Crippen LogP contribution is 2.32. The van der Waals surface area contributed by atoms with E-state index in [1.54, 1.807) is 22.5 Å². The molecule has 0 aliphatic carbocycles. The molecule has 5 nitrogen and oxygen atoms in total. The summed E-state index contributed by atoms with van der Waals surface area (Å²) in [6, 6.07) is 20.2. The summed E-state index contributed by atoms with van der Waals surface area (Å²) in [6.45, 7) is 5.01. The van der Waals surface area contributed by atoms with Gasteiger partial charge in [0.1, 0.15) is 15.3 Å². The molecular weight excluding hydrogens is 450 g/mol. The molecule has 0 radical (unpaired) electrons. The van der Waals surface area contributed by atoms with Gasteiger partial charge in [0.15, 0.2) is 5.16 Å². The monoisotopic (exact) mass is 473 g/mol. The van der Waals surface area contributed by atoms with E-state index in [2.05, 4.69) is 36.2 Å². The average molecular weight is 474 g/mol. The Bertz CT molecular complexity index is 1490. The Morgan fingerprint density at radius 1 is 1.06 bits per heavy atom. The van der Waals surface area contributed by atoms with Gasteiger partial charge in [0, 0.05) is 22.9 Å².